The summed E-state index contributed by atoms with van der Waals surface area (Å²) in [7, 11) is -3.56. The lowest BCUT2D eigenvalue weighted by molar-refractivity contribution is 0.601. The third-order valence-electron chi connectivity index (χ3n) is 2.82. The zero-order valence-electron chi connectivity index (χ0n) is 11.1. The summed E-state index contributed by atoms with van der Waals surface area (Å²) in [4.78, 5) is 1.04. The standard InChI is InChI=1S/C13H15BrN2O2S2/c1-8(15)10-3-5-11(6-4-10)16-20(17,18)12-7-13(14)19-9(12)2/h3-8,16H,15H2,1-2H3. The minimum Gasteiger partial charge on any atom is -0.324 e. The van der Waals surface area contributed by atoms with Gasteiger partial charge in [0, 0.05) is 16.6 Å². The molecule has 0 aliphatic carbocycles. The predicted octanol–water partition coefficient (Wildman–Crippen LogP) is 3.64. The van der Waals surface area contributed by atoms with Gasteiger partial charge in [-0.2, -0.15) is 0 Å². The van der Waals surface area contributed by atoms with Crippen molar-refractivity contribution in [3.8, 4) is 0 Å². The van der Waals surface area contributed by atoms with Crippen molar-refractivity contribution in [3.05, 3.63) is 44.6 Å². The van der Waals surface area contributed by atoms with Crippen LogP contribution in [0.3, 0.4) is 0 Å². The molecule has 0 saturated heterocycles. The highest BCUT2D eigenvalue weighted by Crippen LogP contribution is 2.30. The van der Waals surface area contributed by atoms with Crippen LogP contribution in [0.25, 0.3) is 0 Å². The summed E-state index contributed by atoms with van der Waals surface area (Å²) in [5.74, 6) is 0. The first-order valence-electron chi connectivity index (χ1n) is 5.94. The predicted molar refractivity (Wildman–Crippen MR) is 86.6 cm³/mol. The Hall–Kier alpha value is -0.890. The molecular weight excluding hydrogens is 360 g/mol. The van der Waals surface area contributed by atoms with E-state index in [0.717, 1.165) is 14.2 Å². The number of nitrogens with two attached hydrogens (primary N) is 1. The molecule has 108 valence electrons. The maximum Gasteiger partial charge on any atom is 0.263 e. The molecule has 0 radical (unpaired) electrons. The van der Waals surface area contributed by atoms with Crippen molar-refractivity contribution in [1.82, 2.24) is 0 Å². The number of nitrogens with one attached hydrogen (secondary N) is 1. The smallest absolute Gasteiger partial charge is 0.263 e. The van der Waals surface area contributed by atoms with E-state index >= 15 is 0 Å². The van der Waals surface area contributed by atoms with Crippen molar-refractivity contribution in [3.63, 3.8) is 0 Å². The average molecular weight is 375 g/mol. The Balaban J connectivity index is 2.26. The van der Waals surface area contributed by atoms with Crippen LogP contribution in [0.4, 0.5) is 5.69 Å². The zero-order chi connectivity index (χ0) is 14.9. The fourth-order valence-corrected chi connectivity index (χ4v) is 5.24. The lowest BCUT2D eigenvalue weighted by Crippen LogP contribution is -2.13. The summed E-state index contributed by atoms with van der Waals surface area (Å²) >= 11 is 4.69. The van der Waals surface area contributed by atoms with Crippen LogP contribution in [0.5, 0.6) is 0 Å². The van der Waals surface area contributed by atoms with E-state index in [1.54, 1.807) is 25.1 Å². The Labute approximate surface area is 131 Å². The topological polar surface area (TPSA) is 72.2 Å². The molecule has 2 aromatic rings. The lowest BCUT2D eigenvalue weighted by Gasteiger charge is -2.10. The van der Waals surface area contributed by atoms with Crippen molar-refractivity contribution < 1.29 is 8.42 Å². The molecule has 0 bridgehead atoms. The third-order valence-corrected chi connectivity index (χ3v) is 6.01. The number of anilines is 1. The molecule has 7 heteroatoms. The highest BCUT2D eigenvalue weighted by atomic mass is 79.9. The molecule has 1 unspecified atom stereocenters. The second-order valence-electron chi connectivity index (χ2n) is 4.49. The molecular formula is C13H15BrN2O2S2. The van der Waals surface area contributed by atoms with E-state index in [4.69, 9.17) is 5.73 Å². The summed E-state index contributed by atoms with van der Waals surface area (Å²) < 4.78 is 28.0. The number of rotatable bonds is 4. The molecule has 0 aliphatic heterocycles. The van der Waals surface area contributed by atoms with Gasteiger partial charge in [0.25, 0.3) is 10.0 Å². The van der Waals surface area contributed by atoms with Crippen LogP contribution in [0, 0.1) is 6.92 Å². The molecule has 0 spiro atoms. The normalized spacial score (nSPS) is 13.2. The van der Waals surface area contributed by atoms with Gasteiger partial charge in [-0.25, -0.2) is 8.42 Å². The van der Waals surface area contributed by atoms with Gasteiger partial charge in [0.15, 0.2) is 0 Å². The van der Waals surface area contributed by atoms with E-state index in [-0.39, 0.29) is 6.04 Å². The van der Waals surface area contributed by atoms with Gasteiger partial charge in [0.2, 0.25) is 0 Å². The fraction of sp³-hybridized carbons (Fsp3) is 0.231. The summed E-state index contributed by atoms with van der Waals surface area (Å²) in [6, 6.07) is 8.60. The third kappa shape index (κ3) is 3.41. The van der Waals surface area contributed by atoms with E-state index in [2.05, 4.69) is 20.7 Å². The Morgan fingerprint density at radius 3 is 2.35 bits per heavy atom. The Morgan fingerprint density at radius 1 is 1.30 bits per heavy atom. The number of sulfonamides is 1. The minimum absolute atomic E-state index is 0.0734. The molecule has 0 aliphatic rings. The molecule has 1 aromatic carbocycles. The van der Waals surface area contributed by atoms with Crippen LogP contribution in [-0.2, 0) is 10.0 Å². The Morgan fingerprint density at radius 2 is 1.90 bits per heavy atom. The monoisotopic (exact) mass is 374 g/mol. The first-order chi connectivity index (χ1) is 9.29. The number of aryl methyl sites for hydroxylation is 1. The van der Waals surface area contributed by atoms with Gasteiger partial charge in [-0.15, -0.1) is 11.3 Å². The quantitative estimate of drug-likeness (QED) is 0.857. The second-order valence-corrected chi connectivity index (χ2v) is 8.77. The van der Waals surface area contributed by atoms with Gasteiger partial charge in [-0.1, -0.05) is 12.1 Å². The highest BCUT2D eigenvalue weighted by Gasteiger charge is 2.19. The lowest BCUT2D eigenvalue weighted by atomic mass is 10.1. The van der Waals surface area contributed by atoms with E-state index < -0.39 is 10.0 Å². The molecule has 0 amide bonds. The van der Waals surface area contributed by atoms with Crippen LogP contribution in [0.2, 0.25) is 0 Å². The van der Waals surface area contributed by atoms with Gasteiger partial charge >= 0.3 is 0 Å². The van der Waals surface area contributed by atoms with Gasteiger partial charge in [-0.3, -0.25) is 4.72 Å². The molecule has 3 N–H and O–H groups in total. The van der Waals surface area contributed by atoms with E-state index in [1.807, 2.05) is 19.1 Å². The number of hydrogen-bond donors (Lipinski definition) is 2. The van der Waals surface area contributed by atoms with Crippen LogP contribution < -0.4 is 10.5 Å². The summed E-state index contributed by atoms with van der Waals surface area (Å²) in [5.41, 5.74) is 7.25. The largest absolute Gasteiger partial charge is 0.324 e. The van der Waals surface area contributed by atoms with Crippen molar-refractivity contribution >= 4 is 43.0 Å². The van der Waals surface area contributed by atoms with Crippen LogP contribution in [0.1, 0.15) is 23.4 Å². The SMILES string of the molecule is Cc1sc(Br)cc1S(=O)(=O)Nc1ccc(C(C)N)cc1. The molecule has 1 aromatic heterocycles. The molecule has 0 saturated carbocycles. The molecule has 1 atom stereocenters. The van der Waals surface area contributed by atoms with Crippen molar-refractivity contribution in [2.75, 3.05) is 4.72 Å². The van der Waals surface area contributed by atoms with E-state index in [1.165, 1.54) is 11.3 Å². The maximum atomic E-state index is 12.3. The summed E-state index contributed by atoms with van der Waals surface area (Å²) in [5, 5.41) is 0. The maximum absolute atomic E-state index is 12.3. The molecule has 4 nitrogen and oxygen atoms in total. The van der Waals surface area contributed by atoms with Gasteiger partial charge in [0.1, 0.15) is 4.90 Å². The molecule has 2 rings (SSSR count). The minimum atomic E-state index is -3.56. The van der Waals surface area contributed by atoms with E-state index in [0.29, 0.717) is 10.6 Å². The highest BCUT2D eigenvalue weighted by molar-refractivity contribution is 9.11. The molecule has 1 heterocycles. The van der Waals surface area contributed by atoms with Crippen LogP contribution in [0.15, 0.2) is 39.0 Å². The van der Waals surface area contributed by atoms with Crippen molar-refractivity contribution in [2.45, 2.75) is 24.8 Å². The van der Waals surface area contributed by atoms with Crippen molar-refractivity contribution in [1.29, 1.82) is 0 Å². The van der Waals surface area contributed by atoms with Crippen LogP contribution in [-0.4, -0.2) is 8.42 Å². The molecule has 20 heavy (non-hydrogen) atoms. The van der Waals surface area contributed by atoms with Gasteiger partial charge < -0.3 is 5.73 Å². The fourth-order valence-electron chi connectivity index (χ4n) is 1.76. The second kappa shape index (κ2) is 5.85. The van der Waals surface area contributed by atoms with Gasteiger partial charge in [-0.05, 0) is 53.5 Å². The first-order valence-corrected chi connectivity index (χ1v) is 9.03. The Kier molecular flexibility index (Phi) is 4.53. The number of halogens is 1. The number of benzene rings is 1. The summed E-state index contributed by atoms with van der Waals surface area (Å²) in [6.45, 7) is 3.66. The average Bonchev–Trinajstić information content (AvgIpc) is 2.69. The van der Waals surface area contributed by atoms with Gasteiger partial charge in [0.05, 0.1) is 3.79 Å². The zero-order valence-corrected chi connectivity index (χ0v) is 14.3. The van der Waals surface area contributed by atoms with Crippen molar-refractivity contribution in [2.24, 2.45) is 5.73 Å². The Bertz CT molecular complexity index is 706. The molecule has 0 fully saturated rings. The number of hydrogen-bond acceptors (Lipinski definition) is 4. The summed E-state index contributed by atoms with van der Waals surface area (Å²) in [6.07, 6.45) is 0. The number of thiophene rings is 1. The first kappa shape index (κ1) is 15.5. The van der Waals surface area contributed by atoms with E-state index in [9.17, 15) is 8.42 Å². The van der Waals surface area contributed by atoms with Crippen LogP contribution >= 0.6 is 27.3 Å².